The van der Waals surface area contributed by atoms with E-state index >= 15 is 0 Å². The second-order valence-corrected chi connectivity index (χ2v) is 15.2. The highest BCUT2D eigenvalue weighted by molar-refractivity contribution is 7.90. The van der Waals surface area contributed by atoms with E-state index in [2.05, 4.69) is 21.3 Å². The summed E-state index contributed by atoms with van der Waals surface area (Å²) in [4.78, 5) is 37.0. The summed E-state index contributed by atoms with van der Waals surface area (Å²) in [5.41, 5.74) is 0. The van der Waals surface area contributed by atoms with E-state index in [1.165, 1.54) is 0 Å². The quantitative estimate of drug-likeness (QED) is 0.144. The van der Waals surface area contributed by atoms with Gasteiger partial charge in [-0.3, -0.25) is 14.4 Å². The number of sulfone groups is 1. The van der Waals surface area contributed by atoms with Crippen LogP contribution in [0.15, 0.2) is 34.1 Å². The molecule has 2 fully saturated rings. The number of amides is 2. The molecule has 3 rings (SSSR count). The fourth-order valence-corrected chi connectivity index (χ4v) is 7.33. The Morgan fingerprint density at radius 2 is 1.29 bits per heavy atom. The number of rotatable bonds is 16. The number of piperidine rings is 2. The fourth-order valence-electron chi connectivity index (χ4n) is 5.51. The maximum atomic E-state index is 13.1. The Labute approximate surface area is 278 Å². The molecule has 0 aliphatic carbocycles. The number of carboxylic acid groups (broad SMARTS) is 1. The lowest BCUT2D eigenvalue weighted by Crippen LogP contribution is -2.50. The van der Waals surface area contributed by atoms with E-state index in [0.717, 1.165) is 108 Å². The first-order valence-corrected chi connectivity index (χ1v) is 18.2. The van der Waals surface area contributed by atoms with Gasteiger partial charge in [0, 0.05) is 18.7 Å². The van der Waals surface area contributed by atoms with Gasteiger partial charge in [0.25, 0.3) is 0 Å². The molecule has 0 saturated carbocycles. The highest BCUT2D eigenvalue weighted by Crippen LogP contribution is 2.27. The van der Waals surface area contributed by atoms with Crippen LogP contribution in [0.2, 0.25) is 0 Å². The van der Waals surface area contributed by atoms with Gasteiger partial charge in [0.2, 0.25) is 21.8 Å². The number of carbonyl (C=O) groups is 3. The zero-order chi connectivity index (χ0) is 31.5. The van der Waals surface area contributed by atoms with E-state index in [1.807, 2.05) is 4.72 Å². The molecule has 0 aromatic heterocycles. The van der Waals surface area contributed by atoms with Crippen LogP contribution in [0.25, 0.3) is 0 Å². The Bertz CT molecular complexity index is 1280. The molecule has 0 spiro atoms. The smallest absolute Gasteiger partial charge is 0.323 e. The molecule has 6 N–H and O–H groups in total. The van der Waals surface area contributed by atoms with Gasteiger partial charge in [-0.2, -0.15) is 4.72 Å². The van der Waals surface area contributed by atoms with Crippen LogP contribution >= 0.6 is 24.8 Å². The number of nitrogens with one attached hydrogen (secondary N) is 5. The summed E-state index contributed by atoms with van der Waals surface area (Å²) in [5.74, 6) is -1.43. The SMILES string of the molecule is CS(=O)(=O)c1ccc(S(=O)(=O)NC(CNC(=O)CNC(=O)C(CCC2CCNCC2)CCC2CCNCC2)C(=O)O)cc1.Cl.Cl. The highest BCUT2D eigenvalue weighted by atomic mass is 35.5. The predicted molar refractivity (Wildman–Crippen MR) is 175 cm³/mol. The molecule has 1 atom stereocenters. The molecule has 13 nitrogen and oxygen atoms in total. The summed E-state index contributed by atoms with van der Waals surface area (Å²) in [7, 11) is -7.88. The van der Waals surface area contributed by atoms with Crippen molar-refractivity contribution in [3.63, 3.8) is 0 Å². The van der Waals surface area contributed by atoms with Crippen molar-refractivity contribution >= 4 is 62.5 Å². The van der Waals surface area contributed by atoms with Gasteiger partial charge in [0.05, 0.1) is 16.3 Å². The van der Waals surface area contributed by atoms with Crippen molar-refractivity contribution < 1.29 is 36.3 Å². The van der Waals surface area contributed by atoms with Gasteiger partial charge in [-0.15, -0.1) is 24.8 Å². The number of benzene rings is 1. The third kappa shape index (κ3) is 14.1. The van der Waals surface area contributed by atoms with Crippen LogP contribution in [-0.4, -0.2) is 91.3 Å². The summed E-state index contributed by atoms with van der Waals surface area (Å²) in [6.45, 7) is 3.03. The molecule has 0 radical (unpaired) electrons. The van der Waals surface area contributed by atoms with Crippen molar-refractivity contribution in [1.29, 1.82) is 0 Å². The molecule has 2 aliphatic rings. The molecule has 1 aromatic rings. The molecule has 1 unspecified atom stereocenters. The van der Waals surface area contributed by atoms with E-state index in [1.54, 1.807) is 0 Å². The molecule has 0 bridgehead atoms. The van der Waals surface area contributed by atoms with Crippen LogP contribution in [0, 0.1) is 17.8 Å². The van der Waals surface area contributed by atoms with Crippen LogP contribution in [0.1, 0.15) is 51.4 Å². The normalized spacial score (nSPS) is 17.0. The van der Waals surface area contributed by atoms with Crippen LogP contribution in [0.5, 0.6) is 0 Å². The Balaban J connectivity index is 0.00000506. The van der Waals surface area contributed by atoms with Crippen LogP contribution in [0.3, 0.4) is 0 Å². The van der Waals surface area contributed by atoms with Crippen LogP contribution < -0.4 is 26.0 Å². The second kappa shape index (κ2) is 19.6. The summed E-state index contributed by atoms with van der Waals surface area (Å²) in [5, 5.41) is 21.3. The average Bonchev–Trinajstić information content (AvgIpc) is 2.98. The molecule has 1 aromatic carbocycles. The van der Waals surface area contributed by atoms with Crippen molar-refractivity contribution in [3.8, 4) is 0 Å². The zero-order valence-electron chi connectivity index (χ0n) is 25.5. The first-order valence-electron chi connectivity index (χ1n) is 14.9. The summed E-state index contributed by atoms with van der Waals surface area (Å²) in [6, 6.07) is 2.63. The van der Waals surface area contributed by atoms with Gasteiger partial charge in [-0.25, -0.2) is 16.8 Å². The third-order valence-corrected chi connectivity index (χ3v) is 10.8. The van der Waals surface area contributed by atoms with Gasteiger partial charge >= 0.3 is 5.97 Å². The number of carbonyl (C=O) groups excluding carboxylic acids is 2. The first kappa shape index (κ1) is 41.0. The van der Waals surface area contributed by atoms with Crippen molar-refractivity contribution in [2.24, 2.45) is 17.8 Å². The lowest BCUT2D eigenvalue weighted by atomic mass is 9.84. The lowest BCUT2D eigenvalue weighted by molar-refractivity contribution is -0.139. The Morgan fingerprint density at radius 3 is 1.73 bits per heavy atom. The molecular formula is C28H47Cl2N5O8S2. The number of hydrogen-bond acceptors (Lipinski definition) is 9. The van der Waals surface area contributed by atoms with Gasteiger partial charge in [-0.05, 0) is 114 Å². The van der Waals surface area contributed by atoms with Crippen LogP contribution in [-0.2, 0) is 34.2 Å². The summed E-state index contributed by atoms with van der Waals surface area (Å²) in [6.07, 6.45) is 8.73. The molecule has 2 saturated heterocycles. The topological polar surface area (TPSA) is 200 Å². The molecular weight excluding hydrogens is 669 g/mol. The number of halogens is 2. The number of aliphatic carboxylic acids is 1. The molecule has 2 amide bonds. The minimum atomic E-state index is -4.34. The van der Waals surface area contributed by atoms with E-state index < -0.39 is 44.3 Å². The summed E-state index contributed by atoms with van der Waals surface area (Å²) >= 11 is 0. The van der Waals surface area contributed by atoms with Gasteiger partial charge in [0.15, 0.2) is 9.84 Å². The van der Waals surface area contributed by atoms with Crippen molar-refractivity contribution in [2.45, 2.75) is 67.2 Å². The lowest BCUT2D eigenvalue weighted by Gasteiger charge is -2.27. The van der Waals surface area contributed by atoms with Crippen LogP contribution in [0.4, 0.5) is 0 Å². The van der Waals surface area contributed by atoms with Gasteiger partial charge in [0.1, 0.15) is 6.04 Å². The Kier molecular flexibility index (Phi) is 17.9. The predicted octanol–water partition coefficient (Wildman–Crippen LogP) is 1.07. The minimum Gasteiger partial charge on any atom is -0.480 e. The Hall–Kier alpha value is -2.01. The number of hydrogen-bond donors (Lipinski definition) is 6. The first-order chi connectivity index (χ1) is 20.3. The molecule has 2 heterocycles. The van der Waals surface area contributed by atoms with Crippen molar-refractivity contribution in [3.05, 3.63) is 24.3 Å². The number of sulfonamides is 1. The van der Waals surface area contributed by atoms with E-state index in [-0.39, 0.29) is 53.0 Å². The zero-order valence-corrected chi connectivity index (χ0v) is 28.7. The molecule has 2 aliphatic heterocycles. The average molecular weight is 717 g/mol. The highest BCUT2D eigenvalue weighted by Gasteiger charge is 2.27. The standard InChI is InChI=1S/C28H45N5O8S2.2ClH/c1-42(38,39)23-6-8-24(9-7-23)43(40,41)33-25(28(36)37)18-31-26(34)19-32-27(35)22(4-2-20-10-14-29-15-11-20)5-3-21-12-16-30-17-13-21;;/h6-9,20-22,25,29-30,33H,2-5,10-19H2,1H3,(H,31,34)(H,32,35)(H,36,37);2*1H. The van der Waals surface area contributed by atoms with Crippen molar-refractivity contribution in [2.75, 3.05) is 45.5 Å². The largest absolute Gasteiger partial charge is 0.480 e. The van der Waals surface area contributed by atoms with E-state index in [4.69, 9.17) is 0 Å². The maximum absolute atomic E-state index is 13.1. The monoisotopic (exact) mass is 715 g/mol. The fraction of sp³-hybridized carbons (Fsp3) is 0.679. The van der Waals surface area contributed by atoms with E-state index in [9.17, 15) is 36.3 Å². The van der Waals surface area contributed by atoms with Crippen molar-refractivity contribution in [1.82, 2.24) is 26.0 Å². The molecule has 45 heavy (non-hydrogen) atoms. The van der Waals surface area contributed by atoms with Gasteiger partial charge < -0.3 is 26.4 Å². The van der Waals surface area contributed by atoms with E-state index in [0.29, 0.717) is 11.8 Å². The van der Waals surface area contributed by atoms with Gasteiger partial charge in [-0.1, -0.05) is 0 Å². The summed E-state index contributed by atoms with van der Waals surface area (Å²) < 4.78 is 50.7. The number of carboxylic acids is 1. The minimum absolute atomic E-state index is 0. The molecule has 17 heteroatoms. The second-order valence-electron chi connectivity index (χ2n) is 11.5. The third-order valence-electron chi connectivity index (χ3n) is 8.22. The maximum Gasteiger partial charge on any atom is 0.323 e. The Morgan fingerprint density at radius 1 is 0.822 bits per heavy atom. The molecule has 258 valence electrons.